The molecule has 0 aliphatic heterocycles. The van der Waals surface area contributed by atoms with Crippen LogP contribution in [0.3, 0.4) is 0 Å². The van der Waals surface area contributed by atoms with E-state index in [2.05, 4.69) is 13.8 Å². The van der Waals surface area contributed by atoms with Crippen LogP contribution in [0.4, 0.5) is 0 Å². The van der Waals surface area contributed by atoms with Crippen LogP contribution in [-0.2, 0) is 0 Å². The van der Waals surface area contributed by atoms with Crippen molar-refractivity contribution in [2.75, 3.05) is 0 Å². The van der Waals surface area contributed by atoms with Gasteiger partial charge in [-0.05, 0) is 36.5 Å². The van der Waals surface area contributed by atoms with E-state index in [4.69, 9.17) is 0 Å². The second kappa shape index (κ2) is 2.80. The molecule has 0 heterocycles. The van der Waals surface area contributed by atoms with Crippen LogP contribution in [0.5, 0.6) is 0 Å². The highest BCUT2D eigenvalue weighted by Gasteiger charge is 2.34. The Morgan fingerprint density at radius 3 is 1.91 bits per heavy atom. The first-order valence-electron chi connectivity index (χ1n) is 5.27. The van der Waals surface area contributed by atoms with Crippen LogP contribution in [-0.4, -0.2) is 0 Å². The minimum absolute atomic E-state index is 1.03. The zero-order valence-corrected chi connectivity index (χ0v) is 7.84. The fraction of sp³-hybridized carbons (Fsp3) is 1.00. The lowest BCUT2D eigenvalue weighted by molar-refractivity contribution is 0.0829. The average molecular weight is 152 g/mol. The minimum atomic E-state index is 1.03. The molecule has 0 aromatic carbocycles. The Hall–Kier alpha value is 0. The van der Waals surface area contributed by atoms with Gasteiger partial charge in [-0.3, -0.25) is 0 Å². The van der Waals surface area contributed by atoms with Crippen LogP contribution in [0.15, 0.2) is 0 Å². The van der Waals surface area contributed by atoms with E-state index >= 15 is 0 Å². The molecule has 0 amide bonds. The van der Waals surface area contributed by atoms with Gasteiger partial charge in [0, 0.05) is 0 Å². The van der Waals surface area contributed by atoms with Crippen molar-refractivity contribution >= 4 is 0 Å². The number of hydrogen-bond acceptors (Lipinski definition) is 0. The highest BCUT2D eigenvalue weighted by molar-refractivity contribution is 4.85. The zero-order chi connectivity index (χ0) is 7.84. The summed E-state index contributed by atoms with van der Waals surface area (Å²) >= 11 is 0. The lowest BCUT2D eigenvalue weighted by Gasteiger charge is -2.42. The Balaban J connectivity index is 2.05. The lowest BCUT2D eigenvalue weighted by Crippen LogP contribution is -2.32. The molecule has 3 unspecified atom stereocenters. The van der Waals surface area contributed by atoms with Crippen LogP contribution in [0, 0.1) is 23.7 Å². The topological polar surface area (TPSA) is 0 Å². The third-order valence-electron chi connectivity index (χ3n) is 4.11. The van der Waals surface area contributed by atoms with Crippen LogP contribution in [0.2, 0.25) is 0 Å². The molecule has 2 aliphatic rings. The monoisotopic (exact) mass is 152 g/mol. The maximum Gasteiger partial charge on any atom is -0.0386 e. The summed E-state index contributed by atoms with van der Waals surface area (Å²) in [5, 5.41) is 0. The largest absolute Gasteiger partial charge is 0.0622 e. The standard InChI is InChI=1S/C11H20/c1-8-6-9(2)11-5-3-4-10(8)7-11/h8-11H,3-7H2,1-2H3/t8?,9?,10-,11?/m1/s1. The van der Waals surface area contributed by atoms with Crippen molar-refractivity contribution < 1.29 is 0 Å². The predicted molar refractivity (Wildman–Crippen MR) is 48.4 cm³/mol. The van der Waals surface area contributed by atoms with Gasteiger partial charge in [0.1, 0.15) is 0 Å². The minimum Gasteiger partial charge on any atom is -0.0622 e. The Morgan fingerprint density at radius 2 is 1.36 bits per heavy atom. The smallest absolute Gasteiger partial charge is 0.0386 e. The molecule has 0 radical (unpaired) electrons. The molecule has 2 fully saturated rings. The SMILES string of the molecule is CC1CC(C)[C@@H]2CCCC1C2. The van der Waals surface area contributed by atoms with E-state index in [0.717, 1.165) is 23.7 Å². The van der Waals surface area contributed by atoms with Gasteiger partial charge in [-0.1, -0.05) is 33.1 Å². The molecule has 0 spiro atoms. The van der Waals surface area contributed by atoms with Crippen LogP contribution in [0.25, 0.3) is 0 Å². The summed E-state index contributed by atoms with van der Waals surface area (Å²) in [7, 11) is 0. The zero-order valence-electron chi connectivity index (χ0n) is 7.84. The molecule has 0 heteroatoms. The highest BCUT2D eigenvalue weighted by atomic mass is 14.4. The van der Waals surface area contributed by atoms with Crippen molar-refractivity contribution in [2.24, 2.45) is 23.7 Å². The van der Waals surface area contributed by atoms with Gasteiger partial charge in [0.25, 0.3) is 0 Å². The summed E-state index contributed by atoms with van der Waals surface area (Å²) < 4.78 is 0. The van der Waals surface area contributed by atoms with Crippen molar-refractivity contribution in [1.29, 1.82) is 0 Å². The highest BCUT2D eigenvalue weighted by Crippen LogP contribution is 2.45. The molecule has 2 saturated carbocycles. The first-order valence-corrected chi connectivity index (χ1v) is 5.27. The van der Waals surface area contributed by atoms with Crippen molar-refractivity contribution in [3.05, 3.63) is 0 Å². The molecule has 2 bridgehead atoms. The second-order valence-electron chi connectivity index (χ2n) is 4.88. The molecule has 0 aromatic heterocycles. The van der Waals surface area contributed by atoms with E-state index in [0.29, 0.717) is 0 Å². The number of rotatable bonds is 0. The lowest BCUT2D eigenvalue weighted by atomic mass is 9.63. The molecule has 0 aromatic rings. The average Bonchev–Trinajstić information content (AvgIpc) is 2.02. The van der Waals surface area contributed by atoms with Gasteiger partial charge in [-0.2, -0.15) is 0 Å². The molecule has 0 nitrogen and oxygen atoms in total. The Morgan fingerprint density at radius 1 is 0.818 bits per heavy atom. The Labute approximate surface area is 70.4 Å². The van der Waals surface area contributed by atoms with E-state index in [1.165, 1.54) is 25.7 Å². The van der Waals surface area contributed by atoms with Gasteiger partial charge in [0.05, 0.1) is 0 Å². The summed E-state index contributed by atoms with van der Waals surface area (Å²) in [6, 6.07) is 0. The van der Waals surface area contributed by atoms with Crippen molar-refractivity contribution in [1.82, 2.24) is 0 Å². The third kappa shape index (κ3) is 1.32. The summed E-state index contributed by atoms with van der Waals surface area (Å²) in [5.41, 5.74) is 0. The summed E-state index contributed by atoms with van der Waals surface area (Å²) in [5.74, 6) is 4.26. The predicted octanol–water partition coefficient (Wildman–Crippen LogP) is 3.47. The van der Waals surface area contributed by atoms with Gasteiger partial charge in [0.2, 0.25) is 0 Å². The number of hydrogen-bond donors (Lipinski definition) is 0. The van der Waals surface area contributed by atoms with Gasteiger partial charge >= 0.3 is 0 Å². The summed E-state index contributed by atoms with van der Waals surface area (Å²) in [6.07, 6.45) is 7.65. The number of fused-ring (bicyclic) bond motifs is 2. The van der Waals surface area contributed by atoms with Crippen LogP contribution >= 0.6 is 0 Å². The van der Waals surface area contributed by atoms with Crippen molar-refractivity contribution in [3.63, 3.8) is 0 Å². The second-order valence-corrected chi connectivity index (χ2v) is 4.88. The fourth-order valence-corrected chi connectivity index (χ4v) is 3.27. The molecule has 64 valence electrons. The van der Waals surface area contributed by atoms with Crippen LogP contribution < -0.4 is 0 Å². The molecule has 2 aliphatic carbocycles. The first kappa shape index (κ1) is 7.64. The van der Waals surface area contributed by atoms with Crippen molar-refractivity contribution in [3.8, 4) is 0 Å². The molecule has 2 rings (SSSR count). The Bertz CT molecular complexity index is 125. The van der Waals surface area contributed by atoms with E-state index in [1.807, 2.05) is 0 Å². The van der Waals surface area contributed by atoms with Gasteiger partial charge in [-0.25, -0.2) is 0 Å². The van der Waals surface area contributed by atoms with E-state index in [-0.39, 0.29) is 0 Å². The normalized spacial score (nSPS) is 50.7. The van der Waals surface area contributed by atoms with E-state index in [9.17, 15) is 0 Å². The maximum atomic E-state index is 2.46. The molecular formula is C11H20. The molecule has 11 heavy (non-hydrogen) atoms. The third-order valence-corrected chi connectivity index (χ3v) is 4.11. The van der Waals surface area contributed by atoms with Crippen molar-refractivity contribution in [2.45, 2.75) is 46.0 Å². The van der Waals surface area contributed by atoms with E-state index < -0.39 is 0 Å². The Kier molecular flexibility index (Phi) is 1.95. The van der Waals surface area contributed by atoms with E-state index in [1.54, 1.807) is 6.42 Å². The maximum absolute atomic E-state index is 2.46. The molecule has 4 atom stereocenters. The molecular weight excluding hydrogens is 132 g/mol. The molecule has 0 N–H and O–H groups in total. The quantitative estimate of drug-likeness (QED) is 0.498. The van der Waals surface area contributed by atoms with Gasteiger partial charge in [-0.15, -0.1) is 0 Å². The first-order chi connectivity index (χ1) is 5.27. The molecule has 0 saturated heterocycles. The summed E-state index contributed by atoms with van der Waals surface area (Å²) in [6.45, 7) is 4.92. The van der Waals surface area contributed by atoms with Gasteiger partial charge in [0.15, 0.2) is 0 Å². The summed E-state index contributed by atoms with van der Waals surface area (Å²) in [4.78, 5) is 0. The van der Waals surface area contributed by atoms with Crippen LogP contribution in [0.1, 0.15) is 46.0 Å². The van der Waals surface area contributed by atoms with Gasteiger partial charge < -0.3 is 0 Å². The fourth-order valence-electron chi connectivity index (χ4n) is 3.27.